The molecular weight excluding hydrogens is 248 g/mol. The zero-order chi connectivity index (χ0) is 13.8. The third-order valence-corrected chi connectivity index (χ3v) is 2.81. The van der Waals surface area contributed by atoms with E-state index in [1.165, 1.54) is 0 Å². The Labute approximate surface area is 109 Å². The lowest BCUT2D eigenvalue weighted by Gasteiger charge is -2.07. The molecule has 0 aliphatic carbocycles. The van der Waals surface area contributed by atoms with Crippen molar-refractivity contribution in [1.82, 2.24) is 4.98 Å². The first-order valence-electron chi connectivity index (χ1n) is 5.98. The smallest absolute Gasteiger partial charge is 0.382 e. The van der Waals surface area contributed by atoms with Crippen LogP contribution in [0.1, 0.15) is 12.6 Å². The highest BCUT2D eigenvalue weighted by Gasteiger charge is 2.32. The number of nitrogens with zero attached hydrogens (tertiary/aromatic N) is 1. The van der Waals surface area contributed by atoms with Crippen LogP contribution in [0.2, 0.25) is 0 Å². The molecule has 1 atom stereocenters. The molecule has 2 rings (SSSR count). The van der Waals surface area contributed by atoms with E-state index in [0.29, 0.717) is 5.69 Å². The molecule has 1 aromatic heterocycles. The minimum absolute atomic E-state index is 0.000509. The van der Waals surface area contributed by atoms with Crippen LogP contribution in [-0.2, 0) is 16.0 Å². The number of carbonyl (C=O) groups is 1. The molecule has 0 bridgehead atoms. The maximum atomic E-state index is 11.5. The van der Waals surface area contributed by atoms with Crippen molar-refractivity contribution in [3.8, 4) is 0 Å². The van der Waals surface area contributed by atoms with Crippen molar-refractivity contribution >= 4 is 16.9 Å². The van der Waals surface area contributed by atoms with Gasteiger partial charge in [0.25, 0.3) is 0 Å². The zero-order valence-corrected chi connectivity index (χ0v) is 10.5. The van der Waals surface area contributed by atoms with Gasteiger partial charge in [-0.05, 0) is 24.4 Å². The summed E-state index contributed by atoms with van der Waals surface area (Å²) in [4.78, 5) is 24.9. The first kappa shape index (κ1) is 13.1. The Bertz CT molecular complexity index is 572. The Balaban J connectivity index is 2.21. The van der Waals surface area contributed by atoms with Crippen molar-refractivity contribution in [2.24, 2.45) is 0 Å². The predicted molar refractivity (Wildman–Crippen MR) is 69.4 cm³/mol. The highest BCUT2D eigenvalue weighted by Crippen LogP contribution is 2.16. The lowest BCUT2D eigenvalue weighted by molar-refractivity contribution is -0.510. The molecule has 19 heavy (non-hydrogen) atoms. The number of aromatic nitrogens is 1. The van der Waals surface area contributed by atoms with E-state index < -0.39 is 16.9 Å². The molecule has 2 aromatic rings. The Morgan fingerprint density at radius 2 is 2.21 bits per heavy atom. The van der Waals surface area contributed by atoms with Gasteiger partial charge in [-0.1, -0.05) is 18.2 Å². The first-order valence-corrected chi connectivity index (χ1v) is 5.98. The van der Waals surface area contributed by atoms with E-state index in [0.717, 1.165) is 10.9 Å². The highest BCUT2D eigenvalue weighted by atomic mass is 16.6. The quantitative estimate of drug-likeness (QED) is 0.506. The average molecular weight is 262 g/mol. The van der Waals surface area contributed by atoms with Crippen molar-refractivity contribution < 1.29 is 14.5 Å². The van der Waals surface area contributed by atoms with Crippen molar-refractivity contribution in [2.75, 3.05) is 6.61 Å². The molecule has 0 saturated carbocycles. The molecular formula is C13H14N2O4. The van der Waals surface area contributed by atoms with Gasteiger partial charge in [0, 0.05) is 16.1 Å². The van der Waals surface area contributed by atoms with E-state index in [1.807, 2.05) is 30.3 Å². The molecule has 6 nitrogen and oxygen atoms in total. The fourth-order valence-corrected chi connectivity index (χ4v) is 1.93. The van der Waals surface area contributed by atoms with Gasteiger partial charge in [-0.3, -0.25) is 10.1 Å². The molecule has 0 radical (unpaired) electrons. The highest BCUT2D eigenvalue weighted by molar-refractivity contribution is 5.81. The second-order valence-electron chi connectivity index (χ2n) is 4.14. The predicted octanol–water partition coefficient (Wildman–Crippen LogP) is 1.92. The van der Waals surface area contributed by atoms with Crippen molar-refractivity contribution in [3.63, 3.8) is 0 Å². The standard InChI is InChI=1S/C13H14N2O4/c1-2-19-13(16)12(15(17)18)8-10-7-9-5-3-4-6-11(9)14-10/h3-7,12,14H,2,8H2,1H3. The summed E-state index contributed by atoms with van der Waals surface area (Å²) in [6.07, 6.45) is 0.000509. The van der Waals surface area contributed by atoms with E-state index in [9.17, 15) is 14.9 Å². The van der Waals surface area contributed by atoms with E-state index in [4.69, 9.17) is 4.74 Å². The van der Waals surface area contributed by atoms with Crippen LogP contribution in [0.25, 0.3) is 10.9 Å². The molecule has 100 valence electrons. The molecule has 0 fully saturated rings. The maximum absolute atomic E-state index is 11.5. The molecule has 0 amide bonds. The number of nitro groups is 1. The minimum atomic E-state index is -1.37. The Kier molecular flexibility index (Phi) is 3.79. The monoisotopic (exact) mass is 262 g/mol. The molecule has 1 N–H and O–H groups in total. The number of ether oxygens (including phenoxy) is 1. The molecule has 0 aliphatic heterocycles. The Morgan fingerprint density at radius 3 is 2.84 bits per heavy atom. The molecule has 6 heteroatoms. The normalized spacial score (nSPS) is 12.3. The molecule has 0 saturated heterocycles. The molecule has 1 heterocycles. The van der Waals surface area contributed by atoms with E-state index >= 15 is 0 Å². The average Bonchev–Trinajstić information content (AvgIpc) is 2.78. The van der Waals surface area contributed by atoms with Crippen LogP contribution in [0.4, 0.5) is 0 Å². The second kappa shape index (κ2) is 5.51. The summed E-state index contributed by atoms with van der Waals surface area (Å²) < 4.78 is 4.72. The topological polar surface area (TPSA) is 85.2 Å². The van der Waals surface area contributed by atoms with Crippen LogP contribution < -0.4 is 0 Å². The number of benzene rings is 1. The number of hydrogen-bond acceptors (Lipinski definition) is 4. The van der Waals surface area contributed by atoms with Crippen LogP contribution in [0, 0.1) is 10.1 Å². The van der Waals surface area contributed by atoms with Crippen LogP contribution >= 0.6 is 0 Å². The van der Waals surface area contributed by atoms with Crippen molar-refractivity contribution in [1.29, 1.82) is 0 Å². The zero-order valence-electron chi connectivity index (χ0n) is 10.5. The third kappa shape index (κ3) is 2.90. The van der Waals surface area contributed by atoms with Gasteiger partial charge >= 0.3 is 12.0 Å². The van der Waals surface area contributed by atoms with Gasteiger partial charge < -0.3 is 9.72 Å². The number of hydrogen-bond donors (Lipinski definition) is 1. The summed E-state index contributed by atoms with van der Waals surface area (Å²) in [6, 6.07) is 7.99. The fraction of sp³-hybridized carbons (Fsp3) is 0.308. The fourth-order valence-electron chi connectivity index (χ4n) is 1.93. The number of carbonyl (C=O) groups excluding carboxylic acids is 1. The van der Waals surface area contributed by atoms with Crippen LogP contribution in [-0.4, -0.2) is 28.5 Å². The van der Waals surface area contributed by atoms with Crippen molar-refractivity contribution in [3.05, 3.63) is 46.1 Å². The summed E-state index contributed by atoms with van der Waals surface area (Å²) >= 11 is 0. The van der Waals surface area contributed by atoms with E-state index in [-0.39, 0.29) is 13.0 Å². The number of aromatic amines is 1. The lowest BCUT2D eigenvalue weighted by Crippen LogP contribution is -2.33. The number of fused-ring (bicyclic) bond motifs is 1. The van der Waals surface area contributed by atoms with Gasteiger partial charge in [0.05, 0.1) is 13.0 Å². The minimum Gasteiger partial charge on any atom is -0.461 e. The SMILES string of the molecule is CCOC(=O)C(Cc1cc2ccccc2[nH]1)[N+](=O)[O-]. The number of rotatable bonds is 5. The van der Waals surface area contributed by atoms with Crippen LogP contribution in [0.15, 0.2) is 30.3 Å². The summed E-state index contributed by atoms with van der Waals surface area (Å²) in [5.41, 5.74) is 1.54. The van der Waals surface area contributed by atoms with Crippen LogP contribution in [0.5, 0.6) is 0 Å². The summed E-state index contributed by atoms with van der Waals surface area (Å²) in [6.45, 7) is 1.76. The first-order chi connectivity index (χ1) is 9.11. The van der Waals surface area contributed by atoms with E-state index in [2.05, 4.69) is 4.98 Å². The van der Waals surface area contributed by atoms with E-state index in [1.54, 1.807) is 6.92 Å². The molecule has 1 unspecified atom stereocenters. The lowest BCUT2D eigenvalue weighted by atomic mass is 10.1. The number of esters is 1. The maximum Gasteiger partial charge on any atom is 0.382 e. The van der Waals surface area contributed by atoms with Gasteiger partial charge in [0.15, 0.2) is 0 Å². The van der Waals surface area contributed by atoms with Gasteiger partial charge in [0.1, 0.15) is 0 Å². The number of H-pyrrole nitrogens is 1. The van der Waals surface area contributed by atoms with Gasteiger partial charge in [0.2, 0.25) is 0 Å². The summed E-state index contributed by atoms with van der Waals surface area (Å²) in [5, 5.41) is 11.9. The summed E-state index contributed by atoms with van der Waals surface area (Å²) in [7, 11) is 0. The molecule has 0 spiro atoms. The van der Waals surface area contributed by atoms with Crippen molar-refractivity contribution in [2.45, 2.75) is 19.4 Å². The van der Waals surface area contributed by atoms with Gasteiger partial charge in [-0.25, -0.2) is 4.79 Å². The van der Waals surface area contributed by atoms with Gasteiger partial charge in [-0.2, -0.15) is 0 Å². The number of nitrogens with one attached hydrogen (secondary N) is 1. The van der Waals surface area contributed by atoms with Crippen LogP contribution in [0.3, 0.4) is 0 Å². The largest absolute Gasteiger partial charge is 0.461 e. The Hall–Kier alpha value is -2.37. The molecule has 0 aliphatic rings. The Morgan fingerprint density at radius 1 is 1.47 bits per heavy atom. The molecule has 1 aromatic carbocycles. The van der Waals surface area contributed by atoms with Gasteiger partial charge in [-0.15, -0.1) is 0 Å². The summed E-state index contributed by atoms with van der Waals surface area (Å²) in [5.74, 6) is -0.800. The number of para-hydroxylation sites is 1. The second-order valence-corrected chi connectivity index (χ2v) is 4.14. The third-order valence-electron chi connectivity index (χ3n) is 2.81.